The molecule has 0 amide bonds. The lowest BCUT2D eigenvalue weighted by molar-refractivity contribution is 0.311. The number of fused-ring (bicyclic) bond motifs is 1. The quantitative estimate of drug-likeness (QED) is 0.675. The van der Waals surface area contributed by atoms with E-state index in [9.17, 15) is 0 Å². The largest absolute Gasteiger partial charge is 0.497 e. The van der Waals surface area contributed by atoms with E-state index in [1.807, 2.05) is 54.4 Å². The van der Waals surface area contributed by atoms with Crippen molar-refractivity contribution in [3.8, 4) is 11.5 Å². The van der Waals surface area contributed by atoms with E-state index in [4.69, 9.17) is 14.6 Å². The van der Waals surface area contributed by atoms with Crippen molar-refractivity contribution in [2.24, 2.45) is 0 Å². The van der Waals surface area contributed by atoms with Crippen molar-refractivity contribution in [1.82, 2.24) is 9.97 Å². The molecule has 26 heavy (non-hydrogen) atoms. The second-order valence-electron chi connectivity index (χ2n) is 5.66. The van der Waals surface area contributed by atoms with Crippen molar-refractivity contribution in [3.63, 3.8) is 0 Å². The Morgan fingerprint density at radius 3 is 2.35 bits per heavy atom. The minimum absolute atomic E-state index is 0.00760. The van der Waals surface area contributed by atoms with Crippen molar-refractivity contribution >= 4 is 28.4 Å². The third-order valence-corrected chi connectivity index (χ3v) is 4.06. The van der Waals surface area contributed by atoms with Gasteiger partial charge in [-0.3, -0.25) is 0 Å². The summed E-state index contributed by atoms with van der Waals surface area (Å²) in [5.41, 5.74) is 1.75. The highest BCUT2D eigenvalue weighted by atomic mass is 16.5. The van der Waals surface area contributed by atoms with Gasteiger partial charge in [-0.2, -0.15) is 4.98 Å². The number of aliphatic hydroxyl groups is 1. The van der Waals surface area contributed by atoms with E-state index in [1.54, 1.807) is 14.2 Å². The first kappa shape index (κ1) is 17.8. The molecule has 1 aromatic heterocycles. The van der Waals surface area contributed by atoms with Crippen LogP contribution in [0.5, 0.6) is 11.5 Å². The molecule has 7 nitrogen and oxygen atoms in total. The predicted octanol–water partition coefficient (Wildman–Crippen LogP) is 2.82. The number of aliphatic hydroxyl groups excluding tert-OH is 1. The molecule has 2 N–H and O–H groups in total. The first-order chi connectivity index (χ1) is 12.7. The van der Waals surface area contributed by atoms with Gasteiger partial charge in [0.15, 0.2) is 0 Å². The topological polar surface area (TPSA) is 79.7 Å². The number of hydrogen-bond donors (Lipinski definition) is 2. The molecule has 1 heterocycles. The number of rotatable bonds is 7. The summed E-state index contributed by atoms with van der Waals surface area (Å²) in [7, 11) is 5.22. The lowest BCUT2D eigenvalue weighted by atomic mass is 10.2. The molecule has 0 aliphatic carbocycles. The molecule has 0 saturated carbocycles. The van der Waals surface area contributed by atoms with Crippen LogP contribution in [0.25, 0.3) is 10.9 Å². The fraction of sp³-hybridized carbons (Fsp3) is 0.263. The van der Waals surface area contributed by atoms with Crippen LogP contribution < -0.4 is 19.7 Å². The molecular formula is C19H22N4O3. The Morgan fingerprint density at radius 1 is 1.00 bits per heavy atom. The maximum atomic E-state index is 9.06. The van der Waals surface area contributed by atoms with Gasteiger partial charge < -0.3 is 24.8 Å². The van der Waals surface area contributed by atoms with Gasteiger partial charge in [-0.05, 0) is 42.5 Å². The average Bonchev–Trinajstić information content (AvgIpc) is 2.70. The highest BCUT2D eigenvalue weighted by Crippen LogP contribution is 2.32. The Balaban J connectivity index is 2.09. The van der Waals surface area contributed by atoms with Crippen LogP contribution in [0.1, 0.15) is 0 Å². The van der Waals surface area contributed by atoms with Crippen molar-refractivity contribution in [2.45, 2.75) is 0 Å². The predicted molar refractivity (Wildman–Crippen MR) is 103 cm³/mol. The van der Waals surface area contributed by atoms with E-state index in [2.05, 4.69) is 15.3 Å². The van der Waals surface area contributed by atoms with Crippen LogP contribution in [0.4, 0.5) is 17.5 Å². The summed E-state index contributed by atoms with van der Waals surface area (Å²) in [4.78, 5) is 11.1. The van der Waals surface area contributed by atoms with Gasteiger partial charge in [-0.15, -0.1) is 0 Å². The van der Waals surface area contributed by atoms with Crippen LogP contribution in [-0.2, 0) is 0 Å². The maximum absolute atomic E-state index is 9.06. The molecule has 0 radical (unpaired) electrons. The van der Waals surface area contributed by atoms with Gasteiger partial charge in [-0.25, -0.2) is 4.98 Å². The van der Waals surface area contributed by atoms with Crippen molar-refractivity contribution in [3.05, 3.63) is 42.5 Å². The number of hydrogen-bond acceptors (Lipinski definition) is 7. The fourth-order valence-electron chi connectivity index (χ4n) is 2.65. The molecule has 7 heteroatoms. The molecule has 0 unspecified atom stereocenters. The minimum atomic E-state index is 0.00760. The van der Waals surface area contributed by atoms with Gasteiger partial charge in [-0.1, -0.05) is 0 Å². The van der Waals surface area contributed by atoms with Crippen LogP contribution in [0.15, 0.2) is 42.5 Å². The molecule has 0 atom stereocenters. The second-order valence-corrected chi connectivity index (χ2v) is 5.66. The Morgan fingerprint density at radius 2 is 1.69 bits per heavy atom. The normalized spacial score (nSPS) is 10.6. The van der Waals surface area contributed by atoms with E-state index in [0.29, 0.717) is 12.5 Å². The number of anilines is 3. The van der Waals surface area contributed by atoms with Crippen molar-refractivity contribution in [2.75, 3.05) is 44.6 Å². The second kappa shape index (κ2) is 7.88. The molecule has 3 aromatic rings. The molecule has 0 aliphatic rings. The molecule has 2 aromatic carbocycles. The zero-order valence-electron chi connectivity index (χ0n) is 15.1. The zero-order valence-corrected chi connectivity index (χ0v) is 15.1. The number of methoxy groups -OCH3 is 2. The molecule has 3 rings (SSSR count). The van der Waals surface area contributed by atoms with E-state index in [0.717, 1.165) is 33.9 Å². The highest BCUT2D eigenvalue weighted by Gasteiger charge is 2.14. The number of nitrogens with zero attached hydrogens (tertiary/aromatic N) is 3. The highest BCUT2D eigenvalue weighted by molar-refractivity contribution is 5.93. The van der Waals surface area contributed by atoms with Gasteiger partial charge in [0.05, 0.1) is 26.3 Å². The number of benzene rings is 2. The summed E-state index contributed by atoms with van der Waals surface area (Å²) in [6.45, 7) is 0.390. The molecule has 0 saturated heterocycles. The van der Waals surface area contributed by atoms with E-state index in [1.165, 1.54) is 0 Å². The van der Waals surface area contributed by atoms with Crippen LogP contribution in [-0.4, -0.2) is 49.5 Å². The Bertz CT molecular complexity index is 884. The summed E-state index contributed by atoms with van der Waals surface area (Å²) in [6, 6.07) is 13.4. The summed E-state index contributed by atoms with van der Waals surface area (Å²) in [5.74, 6) is 2.73. The van der Waals surface area contributed by atoms with Gasteiger partial charge in [0.1, 0.15) is 17.3 Å². The van der Waals surface area contributed by atoms with Crippen LogP contribution in [0.2, 0.25) is 0 Å². The average molecular weight is 354 g/mol. The van der Waals surface area contributed by atoms with Gasteiger partial charge >= 0.3 is 0 Å². The maximum Gasteiger partial charge on any atom is 0.225 e. The SMILES string of the molecule is COc1ccc(N(C)c2nc(NCCO)nc3ccc(OC)cc23)cc1. The van der Waals surface area contributed by atoms with Crippen molar-refractivity contribution < 1.29 is 14.6 Å². The molecule has 0 bridgehead atoms. The Labute approximate surface area is 152 Å². The summed E-state index contributed by atoms with van der Waals surface area (Å²) in [5, 5.41) is 13.0. The molecular weight excluding hydrogens is 332 g/mol. The van der Waals surface area contributed by atoms with Gasteiger partial charge in [0.2, 0.25) is 5.95 Å². The van der Waals surface area contributed by atoms with E-state index < -0.39 is 0 Å². The lowest BCUT2D eigenvalue weighted by Crippen LogP contribution is -2.15. The standard InChI is InChI=1S/C19H22N4O3/c1-23(13-4-6-14(25-2)7-5-13)18-16-12-15(26-3)8-9-17(16)21-19(22-18)20-10-11-24/h4-9,12,24H,10-11H2,1-3H3,(H,20,21,22). The van der Waals surface area contributed by atoms with E-state index in [-0.39, 0.29) is 6.61 Å². The minimum Gasteiger partial charge on any atom is -0.497 e. The fourth-order valence-corrected chi connectivity index (χ4v) is 2.65. The number of aromatic nitrogens is 2. The Hall–Kier alpha value is -3.06. The molecule has 0 fully saturated rings. The lowest BCUT2D eigenvalue weighted by Gasteiger charge is -2.21. The molecule has 0 spiro atoms. The third kappa shape index (κ3) is 3.62. The molecule has 136 valence electrons. The van der Waals surface area contributed by atoms with Gasteiger partial charge in [0, 0.05) is 24.7 Å². The molecule has 0 aliphatic heterocycles. The smallest absolute Gasteiger partial charge is 0.225 e. The summed E-state index contributed by atoms with van der Waals surface area (Å²) in [6.07, 6.45) is 0. The summed E-state index contributed by atoms with van der Waals surface area (Å²) < 4.78 is 10.6. The first-order valence-electron chi connectivity index (χ1n) is 8.24. The monoisotopic (exact) mass is 354 g/mol. The summed E-state index contributed by atoms with van der Waals surface area (Å²) >= 11 is 0. The number of nitrogens with one attached hydrogen (secondary N) is 1. The number of ether oxygens (including phenoxy) is 2. The van der Waals surface area contributed by atoms with Crippen LogP contribution in [0, 0.1) is 0 Å². The zero-order chi connectivity index (χ0) is 18.5. The van der Waals surface area contributed by atoms with Crippen LogP contribution >= 0.6 is 0 Å². The van der Waals surface area contributed by atoms with Crippen molar-refractivity contribution in [1.29, 1.82) is 0 Å². The first-order valence-corrected chi connectivity index (χ1v) is 8.24. The van der Waals surface area contributed by atoms with Crippen LogP contribution in [0.3, 0.4) is 0 Å². The van der Waals surface area contributed by atoms with Gasteiger partial charge in [0.25, 0.3) is 0 Å². The third-order valence-electron chi connectivity index (χ3n) is 4.06. The Kier molecular flexibility index (Phi) is 5.38. The van der Waals surface area contributed by atoms with E-state index >= 15 is 0 Å².